The van der Waals surface area contributed by atoms with Crippen molar-refractivity contribution in [3.8, 4) is 0 Å². The average molecular weight is 307 g/mol. The number of halogens is 2. The van der Waals surface area contributed by atoms with Gasteiger partial charge in [-0.1, -0.05) is 11.6 Å². The van der Waals surface area contributed by atoms with Gasteiger partial charge in [0.05, 0.1) is 0 Å². The van der Waals surface area contributed by atoms with E-state index in [1.807, 2.05) is 6.92 Å². The Morgan fingerprint density at radius 3 is 2.74 bits per heavy atom. The summed E-state index contributed by atoms with van der Waals surface area (Å²) >= 11 is 5.63. The Bertz CT molecular complexity index is 577. The van der Waals surface area contributed by atoms with Crippen LogP contribution in [0.5, 0.6) is 0 Å². The Labute approximate surface area is 117 Å². The van der Waals surface area contributed by atoms with E-state index < -0.39 is 15.8 Å². The Kier molecular flexibility index (Phi) is 4.15. The molecule has 0 radical (unpaired) electrons. The summed E-state index contributed by atoms with van der Waals surface area (Å²) in [4.78, 5) is -0.331. The molecule has 1 aliphatic heterocycles. The molecule has 2 rings (SSSR count). The molecule has 0 saturated carbocycles. The number of nitrogens with zero attached hydrogens (tertiary/aromatic N) is 1. The topological polar surface area (TPSA) is 63.4 Å². The standard InChI is InChI=1S/C12H16ClFN2O2S/c1-8(15)9-4-5-16(7-9)19(17,18)12-3-2-10(13)6-11(12)14/h2-3,6,8-9H,4-5,7,15H2,1H3. The van der Waals surface area contributed by atoms with Crippen LogP contribution in [0.25, 0.3) is 0 Å². The van der Waals surface area contributed by atoms with Crippen molar-refractivity contribution in [2.45, 2.75) is 24.3 Å². The summed E-state index contributed by atoms with van der Waals surface area (Å²) in [5.74, 6) is -0.707. The van der Waals surface area contributed by atoms with Crippen molar-refractivity contribution < 1.29 is 12.8 Å². The zero-order valence-corrected chi connectivity index (χ0v) is 12.1. The number of rotatable bonds is 3. The fraction of sp³-hybridized carbons (Fsp3) is 0.500. The fourth-order valence-corrected chi connectivity index (χ4v) is 3.94. The third-order valence-electron chi connectivity index (χ3n) is 3.44. The summed E-state index contributed by atoms with van der Waals surface area (Å²) in [6.07, 6.45) is 0.701. The van der Waals surface area contributed by atoms with Gasteiger partial charge in [0.15, 0.2) is 0 Å². The summed E-state index contributed by atoms with van der Waals surface area (Å²) in [5.41, 5.74) is 5.78. The zero-order chi connectivity index (χ0) is 14.2. The molecule has 1 aromatic carbocycles. The second-order valence-corrected chi connectivity index (χ2v) is 7.19. The van der Waals surface area contributed by atoms with Gasteiger partial charge < -0.3 is 5.73 Å². The van der Waals surface area contributed by atoms with E-state index >= 15 is 0 Å². The van der Waals surface area contributed by atoms with Crippen molar-refractivity contribution in [1.29, 1.82) is 0 Å². The fourth-order valence-electron chi connectivity index (χ4n) is 2.22. The molecule has 1 fully saturated rings. The Morgan fingerprint density at radius 1 is 1.53 bits per heavy atom. The molecule has 1 heterocycles. The molecule has 1 aromatic rings. The van der Waals surface area contributed by atoms with Gasteiger partial charge in [0.1, 0.15) is 10.7 Å². The van der Waals surface area contributed by atoms with E-state index in [1.165, 1.54) is 16.4 Å². The zero-order valence-electron chi connectivity index (χ0n) is 10.5. The largest absolute Gasteiger partial charge is 0.328 e. The van der Waals surface area contributed by atoms with Gasteiger partial charge in [-0.2, -0.15) is 4.31 Å². The predicted molar refractivity (Wildman–Crippen MR) is 71.9 cm³/mol. The van der Waals surface area contributed by atoms with Gasteiger partial charge >= 0.3 is 0 Å². The van der Waals surface area contributed by atoms with E-state index in [0.29, 0.717) is 19.5 Å². The van der Waals surface area contributed by atoms with Crippen molar-refractivity contribution in [3.05, 3.63) is 29.0 Å². The van der Waals surface area contributed by atoms with Crippen LogP contribution in [0.15, 0.2) is 23.1 Å². The summed E-state index contributed by atoms with van der Waals surface area (Å²) in [6.45, 7) is 2.56. The van der Waals surface area contributed by atoms with Crippen molar-refractivity contribution >= 4 is 21.6 Å². The van der Waals surface area contributed by atoms with Crippen molar-refractivity contribution in [2.24, 2.45) is 11.7 Å². The first-order chi connectivity index (χ1) is 8.82. The predicted octanol–water partition coefficient (Wildman–Crippen LogP) is 1.84. The molecule has 1 aliphatic rings. The number of hydrogen-bond donors (Lipinski definition) is 1. The van der Waals surface area contributed by atoms with Crippen LogP contribution in [0.1, 0.15) is 13.3 Å². The highest BCUT2D eigenvalue weighted by molar-refractivity contribution is 7.89. The summed E-state index contributed by atoms with van der Waals surface area (Å²) in [6, 6.07) is 3.51. The van der Waals surface area contributed by atoms with Crippen LogP contribution in [0.4, 0.5) is 4.39 Å². The van der Waals surface area contributed by atoms with Crippen molar-refractivity contribution in [2.75, 3.05) is 13.1 Å². The normalized spacial score (nSPS) is 22.6. The number of benzene rings is 1. The van der Waals surface area contributed by atoms with Crippen LogP contribution in [0, 0.1) is 11.7 Å². The highest BCUT2D eigenvalue weighted by Crippen LogP contribution is 2.28. The van der Waals surface area contributed by atoms with Crippen LogP contribution in [0.3, 0.4) is 0 Å². The molecular formula is C12H16ClFN2O2S. The minimum Gasteiger partial charge on any atom is -0.328 e. The van der Waals surface area contributed by atoms with Gasteiger partial charge in [0.25, 0.3) is 0 Å². The van der Waals surface area contributed by atoms with Crippen molar-refractivity contribution in [1.82, 2.24) is 4.31 Å². The maximum Gasteiger partial charge on any atom is 0.245 e. The molecular weight excluding hydrogens is 291 g/mol. The molecule has 0 bridgehead atoms. The van der Waals surface area contributed by atoms with E-state index in [0.717, 1.165) is 6.07 Å². The highest BCUT2D eigenvalue weighted by atomic mass is 35.5. The lowest BCUT2D eigenvalue weighted by Gasteiger charge is -2.18. The molecule has 106 valence electrons. The second-order valence-electron chi connectivity index (χ2n) is 4.85. The highest BCUT2D eigenvalue weighted by Gasteiger charge is 2.35. The molecule has 19 heavy (non-hydrogen) atoms. The third kappa shape index (κ3) is 2.91. The van der Waals surface area contributed by atoms with Gasteiger partial charge in [-0.3, -0.25) is 0 Å². The molecule has 1 saturated heterocycles. The molecule has 0 amide bonds. The molecule has 7 heteroatoms. The van der Waals surface area contributed by atoms with Gasteiger partial charge in [-0.25, -0.2) is 12.8 Å². The van der Waals surface area contributed by atoms with Crippen LogP contribution < -0.4 is 5.73 Å². The first kappa shape index (κ1) is 14.7. The number of hydrogen-bond acceptors (Lipinski definition) is 3. The first-order valence-electron chi connectivity index (χ1n) is 6.03. The van der Waals surface area contributed by atoms with E-state index in [2.05, 4.69) is 0 Å². The molecule has 2 atom stereocenters. The quantitative estimate of drug-likeness (QED) is 0.927. The lowest BCUT2D eigenvalue weighted by atomic mass is 10.0. The third-order valence-corrected chi connectivity index (χ3v) is 5.58. The van der Waals surface area contributed by atoms with Crippen LogP contribution >= 0.6 is 11.6 Å². The SMILES string of the molecule is CC(N)C1CCN(S(=O)(=O)c2ccc(Cl)cc2F)C1. The maximum atomic E-state index is 13.7. The minimum atomic E-state index is -3.81. The summed E-state index contributed by atoms with van der Waals surface area (Å²) < 4.78 is 39.7. The van der Waals surface area contributed by atoms with Gasteiger partial charge in [-0.15, -0.1) is 0 Å². The van der Waals surface area contributed by atoms with Gasteiger partial charge in [0.2, 0.25) is 10.0 Å². The summed E-state index contributed by atoms with van der Waals surface area (Å²) in [5, 5.41) is 0.173. The van der Waals surface area contributed by atoms with Crippen LogP contribution in [-0.4, -0.2) is 31.9 Å². The maximum absolute atomic E-state index is 13.7. The smallest absolute Gasteiger partial charge is 0.245 e. The molecule has 2 unspecified atom stereocenters. The molecule has 4 nitrogen and oxygen atoms in total. The Balaban J connectivity index is 2.29. The van der Waals surface area contributed by atoms with Crippen molar-refractivity contribution in [3.63, 3.8) is 0 Å². The van der Waals surface area contributed by atoms with Gasteiger partial charge in [-0.05, 0) is 37.5 Å². The Morgan fingerprint density at radius 2 is 2.21 bits per heavy atom. The lowest BCUT2D eigenvalue weighted by molar-refractivity contribution is 0.426. The van der Waals surface area contributed by atoms with E-state index in [4.69, 9.17) is 17.3 Å². The average Bonchev–Trinajstić information content (AvgIpc) is 2.78. The molecule has 0 aliphatic carbocycles. The van der Waals surface area contributed by atoms with Crippen LogP contribution in [0.2, 0.25) is 5.02 Å². The first-order valence-corrected chi connectivity index (χ1v) is 7.85. The van der Waals surface area contributed by atoms with Gasteiger partial charge in [0, 0.05) is 24.2 Å². The summed E-state index contributed by atoms with van der Waals surface area (Å²) in [7, 11) is -3.81. The second kappa shape index (κ2) is 5.36. The number of nitrogens with two attached hydrogens (primary N) is 1. The van der Waals surface area contributed by atoms with E-state index in [-0.39, 0.29) is 21.9 Å². The molecule has 2 N–H and O–H groups in total. The number of sulfonamides is 1. The lowest BCUT2D eigenvalue weighted by Crippen LogP contribution is -2.33. The van der Waals surface area contributed by atoms with E-state index in [9.17, 15) is 12.8 Å². The molecule has 0 aromatic heterocycles. The molecule has 0 spiro atoms. The van der Waals surface area contributed by atoms with E-state index in [1.54, 1.807) is 0 Å². The monoisotopic (exact) mass is 306 g/mol. The minimum absolute atomic E-state index is 0.0738. The Hall–Kier alpha value is -0.690. The van der Waals surface area contributed by atoms with Crippen LogP contribution in [-0.2, 0) is 10.0 Å².